The summed E-state index contributed by atoms with van der Waals surface area (Å²) in [7, 11) is 0. The molecule has 0 aliphatic carbocycles. The van der Waals surface area contributed by atoms with Gasteiger partial charge in [0.2, 0.25) is 0 Å². The number of anilines is 1. The van der Waals surface area contributed by atoms with E-state index in [1.807, 2.05) is 0 Å². The number of benzene rings is 1. The fraction of sp³-hybridized carbons (Fsp3) is 0.263. The number of nitrogens with zero attached hydrogens (tertiary/aromatic N) is 2. The van der Waals surface area contributed by atoms with Crippen LogP contribution < -0.4 is 10.1 Å². The van der Waals surface area contributed by atoms with Gasteiger partial charge in [-0.15, -0.1) is 0 Å². The number of aryl methyl sites for hydroxylation is 1. The standard InChI is InChI=1S/C19H14ClF6N3O3/c1-8-6-9(32-19(25)26)2-4-11(8)27-18(30)12-5-3-10(31-12)7-29-15(17(23)24)13(20)14(28-29)16(21)22/h2-6,16-17,19H,7H2,1H3,(H,27,30). The smallest absolute Gasteiger partial charge is 0.387 e. The predicted molar refractivity (Wildman–Crippen MR) is 101 cm³/mol. The largest absolute Gasteiger partial charge is 0.454 e. The number of alkyl halides is 6. The van der Waals surface area contributed by atoms with Crippen molar-refractivity contribution in [3.63, 3.8) is 0 Å². The Kier molecular flexibility index (Phi) is 7.02. The summed E-state index contributed by atoms with van der Waals surface area (Å²) in [6.07, 6.45) is -6.32. The highest BCUT2D eigenvalue weighted by Gasteiger charge is 2.28. The van der Waals surface area contributed by atoms with Crippen molar-refractivity contribution in [3.05, 3.63) is 63.8 Å². The summed E-state index contributed by atoms with van der Waals surface area (Å²) in [6, 6.07) is 6.41. The zero-order chi connectivity index (χ0) is 23.6. The molecule has 1 N–H and O–H groups in total. The van der Waals surface area contributed by atoms with Gasteiger partial charge in [-0.2, -0.15) is 13.9 Å². The molecule has 0 radical (unpaired) electrons. The van der Waals surface area contributed by atoms with Crippen molar-refractivity contribution < 1.29 is 40.3 Å². The summed E-state index contributed by atoms with van der Waals surface area (Å²) in [5.41, 5.74) is -1.17. The monoisotopic (exact) mass is 481 g/mol. The third-order valence-electron chi connectivity index (χ3n) is 4.23. The molecule has 0 spiro atoms. The van der Waals surface area contributed by atoms with Crippen molar-refractivity contribution in [2.75, 3.05) is 5.32 Å². The van der Waals surface area contributed by atoms with Crippen LogP contribution >= 0.6 is 11.6 Å². The molecule has 6 nitrogen and oxygen atoms in total. The van der Waals surface area contributed by atoms with Gasteiger partial charge in [-0.05, 0) is 42.8 Å². The van der Waals surface area contributed by atoms with Gasteiger partial charge in [0.1, 0.15) is 22.9 Å². The molecule has 0 atom stereocenters. The molecule has 1 amide bonds. The first-order chi connectivity index (χ1) is 15.1. The Morgan fingerprint density at radius 3 is 2.47 bits per heavy atom. The minimum Gasteiger partial charge on any atom is -0.454 e. The van der Waals surface area contributed by atoms with E-state index in [4.69, 9.17) is 16.0 Å². The first-order valence-electron chi connectivity index (χ1n) is 8.84. The van der Waals surface area contributed by atoms with E-state index in [0.717, 1.165) is 0 Å². The van der Waals surface area contributed by atoms with Gasteiger partial charge in [0.15, 0.2) is 5.76 Å². The van der Waals surface area contributed by atoms with Crippen LogP contribution in [0.1, 0.15) is 46.1 Å². The lowest BCUT2D eigenvalue weighted by Crippen LogP contribution is -2.12. The molecule has 172 valence electrons. The highest BCUT2D eigenvalue weighted by Crippen LogP contribution is 2.35. The quantitative estimate of drug-likeness (QED) is 0.388. The zero-order valence-electron chi connectivity index (χ0n) is 16.1. The number of rotatable bonds is 8. The Balaban J connectivity index is 1.75. The van der Waals surface area contributed by atoms with Crippen molar-refractivity contribution in [2.24, 2.45) is 0 Å². The molecule has 0 fully saturated rings. The summed E-state index contributed by atoms with van der Waals surface area (Å²) in [5, 5.41) is 5.08. The molecule has 1 aromatic carbocycles. The number of furan rings is 1. The van der Waals surface area contributed by atoms with E-state index in [2.05, 4.69) is 15.2 Å². The van der Waals surface area contributed by atoms with E-state index in [1.54, 1.807) is 6.92 Å². The second-order valence-electron chi connectivity index (χ2n) is 6.42. The average molecular weight is 482 g/mol. The maximum atomic E-state index is 13.2. The number of carbonyl (C=O) groups is 1. The molecule has 32 heavy (non-hydrogen) atoms. The molecule has 0 bridgehead atoms. The third kappa shape index (κ3) is 5.18. The van der Waals surface area contributed by atoms with Crippen molar-refractivity contribution >= 4 is 23.2 Å². The predicted octanol–water partition coefficient (Wildman–Crippen LogP) is 6.22. The number of carbonyl (C=O) groups excluding carboxylic acids is 1. The summed E-state index contributed by atoms with van der Waals surface area (Å²) in [4.78, 5) is 12.4. The number of ether oxygens (including phenoxy) is 1. The lowest BCUT2D eigenvalue weighted by Gasteiger charge is -2.10. The number of nitrogens with one attached hydrogen (secondary N) is 1. The Hall–Kier alpha value is -3.15. The fourth-order valence-electron chi connectivity index (χ4n) is 2.81. The Labute approximate surface area is 181 Å². The molecule has 2 aromatic heterocycles. The molecule has 0 aliphatic rings. The van der Waals surface area contributed by atoms with Gasteiger partial charge in [0, 0.05) is 5.69 Å². The lowest BCUT2D eigenvalue weighted by molar-refractivity contribution is -0.0498. The number of hydrogen-bond donors (Lipinski definition) is 1. The summed E-state index contributed by atoms with van der Waals surface area (Å²) in [6.45, 7) is -1.92. The van der Waals surface area contributed by atoms with Crippen LogP contribution in [0, 0.1) is 6.92 Å². The third-order valence-corrected chi connectivity index (χ3v) is 4.62. The Bertz CT molecular complexity index is 1120. The van der Waals surface area contributed by atoms with E-state index >= 15 is 0 Å². The van der Waals surface area contributed by atoms with E-state index in [-0.39, 0.29) is 23.0 Å². The molecule has 2 heterocycles. The van der Waals surface area contributed by atoms with Gasteiger partial charge >= 0.3 is 6.61 Å². The second-order valence-corrected chi connectivity index (χ2v) is 6.80. The molecule has 3 rings (SSSR count). The van der Waals surface area contributed by atoms with E-state index in [9.17, 15) is 31.1 Å². The van der Waals surface area contributed by atoms with Crippen LogP contribution in [0.4, 0.5) is 32.0 Å². The number of hydrogen-bond acceptors (Lipinski definition) is 4. The van der Waals surface area contributed by atoms with Gasteiger partial charge in [0.05, 0.1) is 11.6 Å². The van der Waals surface area contributed by atoms with Gasteiger partial charge in [-0.1, -0.05) is 11.6 Å². The summed E-state index contributed by atoms with van der Waals surface area (Å²) >= 11 is 5.60. The number of halogens is 7. The molecule has 13 heteroatoms. The minimum atomic E-state index is -3.17. The van der Waals surface area contributed by atoms with Gasteiger partial charge < -0.3 is 14.5 Å². The lowest BCUT2D eigenvalue weighted by atomic mass is 10.2. The number of amides is 1. The molecule has 0 unspecified atom stereocenters. The van der Waals surface area contributed by atoms with Crippen LogP contribution in [-0.2, 0) is 6.54 Å². The van der Waals surface area contributed by atoms with E-state index < -0.39 is 48.3 Å². The first kappa shape index (κ1) is 23.5. The summed E-state index contributed by atoms with van der Waals surface area (Å²) in [5.74, 6) is -1.04. The van der Waals surface area contributed by atoms with Crippen molar-refractivity contribution in [1.29, 1.82) is 0 Å². The molecule has 3 aromatic rings. The van der Waals surface area contributed by atoms with E-state index in [0.29, 0.717) is 10.2 Å². The Morgan fingerprint density at radius 2 is 1.88 bits per heavy atom. The highest BCUT2D eigenvalue weighted by atomic mass is 35.5. The minimum absolute atomic E-state index is 0.0190. The average Bonchev–Trinajstić information content (AvgIpc) is 3.28. The Morgan fingerprint density at radius 1 is 1.16 bits per heavy atom. The SMILES string of the molecule is Cc1cc(OC(F)F)ccc1NC(=O)c1ccc(Cn2nc(C(F)F)c(Cl)c2C(F)F)o1. The fourth-order valence-corrected chi connectivity index (χ4v) is 3.11. The normalized spacial score (nSPS) is 11.6. The highest BCUT2D eigenvalue weighted by molar-refractivity contribution is 6.32. The second kappa shape index (κ2) is 9.55. The van der Waals surface area contributed by atoms with Gasteiger partial charge in [0.25, 0.3) is 18.8 Å². The molecule has 0 saturated carbocycles. The maximum absolute atomic E-state index is 13.2. The topological polar surface area (TPSA) is 69.3 Å². The van der Waals surface area contributed by atoms with Gasteiger partial charge in [-0.3, -0.25) is 9.48 Å². The van der Waals surface area contributed by atoms with E-state index in [1.165, 1.54) is 30.3 Å². The zero-order valence-corrected chi connectivity index (χ0v) is 16.8. The van der Waals surface area contributed by atoms with Crippen LogP contribution in [0.3, 0.4) is 0 Å². The van der Waals surface area contributed by atoms with Gasteiger partial charge in [-0.25, -0.2) is 17.6 Å². The maximum Gasteiger partial charge on any atom is 0.387 e. The number of aromatic nitrogens is 2. The van der Waals surface area contributed by atoms with Crippen molar-refractivity contribution in [1.82, 2.24) is 9.78 Å². The van der Waals surface area contributed by atoms with Crippen molar-refractivity contribution in [2.45, 2.75) is 32.9 Å². The molecule has 0 saturated heterocycles. The van der Waals surface area contributed by atoms with Crippen LogP contribution in [-0.4, -0.2) is 22.3 Å². The first-order valence-corrected chi connectivity index (χ1v) is 9.22. The van der Waals surface area contributed by atoms with Crippen LogP contribution in [0.25, 0.3) is 0 Å². The molecular formula is C19H14ClF6N3O3. The van der Waals surface area contributed by atoms with Crippen LogP contribution in [0.15, 0.2) is 34.7 Å². The van der Waals surface area contributed by atoms with Crippen LogP contribution in [0.2, 0.25) is 5.02 Å². The van der Waals surface area contributed by atoms with Crippen molar-refractivity contribution in [3.8, 4) is 5.75 Å². The molecular weight excluding hydrogens is 468 g/mol. The molecule has 0 aliphatic heterocycles. The summed E-state index contributed by atoms with van der Waals surface area (Å²) < 4.78 is 87.1. The van der Waals surface area contributed by atoms with Crippen LogP contribution in [0.5, 0.6) is 5.75 Å².